The predicted octanol–water partition coefficient (Wildman–Crippen LogP) is -1.63. The minimum Gasteiger partial charge on any atom is -0.340 e. The van der Waals surface area contributed by atoms with Crippen molar-refractivity contribution in [3.8, 4) is 0 Å². The molecule has 0 aromatic carbocycles. The molecule has 1 saturated heterocycles. The van der Waals surface area contributed by atoms with Crippen molar-refractivity contribution in [1.82, 2.24) is 19.4 Å². The molecular formula is C12H18N4O3. The lowest BCUT2D eigenvalue weighted by atomic mass is 10.2. The summed E-state index contributed by atoms with van der Waals surface area (Å²) in [7, 11) is 3.14. The molecule has 1 N–H and O–H groups in total. The largest absolute Gasteiger partial charge is 0.340 e. The Balaban J connectivity index is 2.13. The van der Waals surface area contributed by atoms with Gasteiger partial charge in [0.05, 0.1) is 0 Å². The van der Waals surface area contributed by atoms with Crippen LogP contribution in [0.1, 0.15) is 6.42 Å². The van der Waals surface area contributed by atoms with Gasteiger partial charge < -0.3 is 10.2 Å². The van der Waals surface area contributed by atoms with Crippen molar-refractivity contribution < 1.29 is 4.79 Å². The van der Waals surface area contributed by atoms with E-state index in [1.165, 1.54) is 23.9 Å². The molecule has 1 fully saturated rings. The van der Waals surface area contributed by atoms with Crippen LogP contribution >= 0.6 is 0 Å². The Labute approximate surface area is 110 Å². The van der Waals surface area contributed by atoms with Gasteiger partial charge in [0.15, 0.2) is 0 Å². The Morgan fingerprint density at radius 1 is 1.53 bits per heavy atom. The Kier molecular flexibility index (Phi) is 3.84. The van der Waals surface area contributed by atoms with Gasteiger partial charge in [-0.25, -0.2) is 4.79 Å². The quantitative estimate of drug-likeness (QED) is 0.712. The highest BCUT2D eigenvalue weighted by atomic mass is 16.2. The molecule has 1 atom stereocenters. The zero-order valence-corrected chi connectivity index (χ0v) is 11.1. The summed E-state index contributed by atoms with van der Waals surface area (Å²) in [5.74, 6) is -0.130. The number of amides is 1. The zero-order chi connectivity index (χ0) is 14.0. The van der Waals surface area contributed by atoms with Crippen LogP contribution in [0, 0.1) is 0 Å². The van der Waals surface area contributed by atoms with E-state index < -0.39 is 5.69 Å². The summed E-state index contributed by atoms with van der Waals surface area (Å²) in [4.78, 5) is 36.8. The number of rotatable bonds is 3. The molecule has 1 amide bonds. The van der Waals surface area contributed by atoms with Gasteiger partial charge in [0.25, 0.3) is 5.56 Å². The third-order valence-electron chi connectivity index (χ3n) is 3.54. The molecule has 19 heavy (non-hydrogen) atoms. The fraction of sp³-hybridized carbons (Fsp3) is 0.583. The van der Waals surface area contributed by atoms with E-state index in [0.717, 1.165) is 24.1 Å². The summed E-state index contributed by atoms with van der Waals surface area (Å²) in [6.07, 6.45) is 2.29. The molecule has 7 heteroatoms. The fourth-order valence-corrected chi connectivity index (χ4v) is 2.17. The summed E-state index contributed by atoms with van der Waals surface area (Å²) in [6.45, 7) is 1.65. The van der Waals surface area contributed by atoms with Gasteiger partial charge in [-0.1, -0.05) is 0 Å². The lowest BCUT2D eigenvalue weighted by Gasteiger charge is -2.24. The molecule has 0 spiro atoms. The number of nitrogens with zero attached hydrogens (tertiary/aromatic N) is 3. The molecule has 1 aromatic rings. The number of carbonyl (C=O) groups is 1. The van der Waals surface area contributed by atoms with E-state index >= 15 is 0 Å². The van der Waals surface area contributed by atoms with Gasteiger partial charge in [-0.05, 0) is 13.0 Å². The number of carbonyl (C=O) groups excluding carboxylic acids is 1. The number of nitrogens with one attached hydrogen (secondary N) is 1. The lowest BCUT2D eigenvalue weighted by Crippen LogP contribution is -2.44. The van der Waals surface area contributed by atoms with Crippen LogP contribution in [0.25, 0.3) is 0 Å². The van der Waals surface area contributed by atoms with Crippen molar-refractivity contribution in [2.24, 2.45) is 7.05 Å². The number of aromatic nitrogens is 2. The maximum atomic E-state index is 12.1. The van der Waals surface area contributed by atoms with Gasteiger partial charge in [-0.2, -0.15) is 0 Å². The summed E-state index contributed by atoms with van der Waals surface area (Å²) in [6, 6.07) is 1.46. The zero-order valence-electron chi connectivity index (χ0n) is 11.1. The van der Waals surface area contributed by atoms with Gasteiger partial charge in [0.1, 0.15) is 6.54 Å². The molecule has 0 aliphatic carbocycles. The van der Waals surface area contributed by atoms with Crippen LogP contribution in [0.3, 0.4) is 0 Å². The first-order chi connectivity index (χ1) is 9.00. The van der Waals surface area contributed by atoms with Crippen LogP contribution in [0.15, 0.2) is 21.9 Å². The van der Waals surface area contributed by atoms with Crippen LogP contribution in [0.2, 0.25) is 0 Å². The van der Waals surface area contributed by atoms with Crippen LogP contribution in [-0.4, -0.2) is 46.1 Å². The maximum Gasteiger partial charge on any atom is 0.331 e. The van der Waals surface area contributed by atoms with E-state index in [0.29, 0.717) is 0 Å². The average Bonchev–Trinajstić information content (AvgIpc) is 2.92. The third-order valence-corrected chi connectivity index (χ3v) is 3.54. The van der Waals surface area contributed by atoms with Crippen LogP contribution in [-0.2, 0) is 18.4 Å². The first kappa shape index (κ1) is 13.5. The van der Waals surface area contributed by atoms with E-state index in [1.807, 2.05) is 0 Å². The highest BCUT2D eigenvalue weighted by Crippen LogP contribution is 2.06. The topological polar surface area (TPSA) is 76.3 Å². The van der Waals surface area contributed by atoms with E-state index in [9.17, 15) is 14.4 Å². The van der Waals surface area contributed by atoms with Crippen molar-refractivity contribution in [2.75, 3.05) is 20.1 Å². The first-order valence-electron chi connectivity index (χ1n) is 6.23. The Hall–Kier alpha value is -1.89. The lowest BCUT2D eigenvalue weighted by molar-refractivity contribution is -0.132. The van der Waals surface area contributed by atoms with E-state index in [-0.39, 0.29) is 24.1 Å². The van der Waals surface area contributed by atoms with Crippen molar-refractivity contribution >= 4 is 5.91 Å². The molecule has 1 aliphatic heterocycles. The second kappa shape index (κ2) is 5.40. The van der Waals surface area contributed by atoms with Crippen molar-refractivity contribution in [3.05, 3.63) is 33.1 Å². The van der Waals surface area contributed by atoms with E-state index in [2.05, 4.69) is 5.32 Å². The second-order valence-electron chi connectivity index (χ2n) is 4.77. The molecular weight excluding hydrogens is 248 g/mol. The van der Waals surface area contributed by atoms with Gasteiger partial charge in [-0.15, -0.1) is 0 Å². The highest BCUT2D eigenvalue weighted by Gasteiger charge is 2.23. The summed E-state index contributed by atoms with van der Waals surface area (Å²) >= 11 is 0. The molecule has 2 rings (SSSR count). The standard InChI is InChI=1S/C12H18N4O3/c1-14(9-3-5-13-7-9)11(18)8-16-6-4-10(17)15(2)12(16)19/h4,6,9,13H,3,5,7-8H2,1-2H3/t9-/m1/s1. The third kappa shape index (κ3) is 2.76. The van der Waals surface area contributed by atoms with Crippen LogP contribution < -0.4 is 16.6 Å². The number of hydrogen-bond acceptors (Lipinski definition) is 4. The Morgan fingerprint density at radius 3 is 2.89 bits per heavy atom. The van der Waals surface area contributed by atoms with Crippen molar-refractivity contribution in [1.29, 1.82) is 0 Å². The van der Waals surface area contributed by atoms with E-state index in [1.54, 1.807) is 11.9 Å². The van der Waals surface area contributed by atoms with Crippen LogP contribution in [0.4, 0.5) is 0 Å². The summed E-state index contributed by atoms with van der Waals surface area (Å²) in [5.41, 5.74) is -0.846. The van der Waals surface area contributed by atoms with Crippen LogP contribution in [0.5, 0.6) is 0 Å². The maximum absolute atomic E-state index is 12.1. The van der Waals surface area contributed by atoms with E-state index in [4.69, 9.17) is 0 Å². The van der Waals surface area contributed by atoms with Gasteiger partial charge in [-0.3, -0.25) is 18.7 Å². The normalized spacial score (nSPS) is 18.5. The highest BCUT2D eigenvalue weighted by molar-refractivity contribution is 5.76. The molecule has 0 unspecified atom stereocenters. The fourth-order valence-electron chi connectivity index (χ4n) is 2.17. The molecule has 0 bridgehead atoms. The molecule has 1 aromatic heterocycles. The average molecular weight is 266 g/mol. The summed E-state index contributed by atoms with van der Waals surface area (Å²) in [5, 5.41) is 3.19. The van der Waals surface area contributed by atoms with Gasteiger partial charge >= 0.3 is 5.69 Å². The summed E-state index contributed by atoms with van der Waals surface area (Å²) < 4.78 is 2.24. The molecule has 0 radical (unpaired) electrons. The molecule has 1 aliphatic rings. The van der Waals surface area contributed by atoms with Gasteiger partial charge in [0, 0.05) is 38.9 Å². The monoisotopic (exact) mass is 266 g/mol. The number of hydrogen-bond donors (Lipinski definition) is 1. The molecule has 2 heterocycles. The number of likely N-dealkylation sites (N-methyl/N-ethyl adjacent to an activating group) is 1. The minimum atomic E-state index is -0.473. The first-order valence-corrected chi connectivity index (χ1v) is 6.23. The Morgan fingerprint density at radius 2 is 2.26 bits per heavy atom. The minimum absolute atomic E-state index is 0.0417. The smallest absolute Gasteiger partial charge is 0.331 e. The molecule has 0 saturated carbocycles. The Bertz CT molecular complexity index is 583. The second-order valence-corrected chi connectivity index (χ2v) is 4.77. The predicted molar refractivity (Wildman–Crippen MR) is 70.0 cm³/mol. The van der Waals surface area contributed by atoms with Crippen molar-refractivity contribution in [3.63, 3.8) is 0 Å². The molecule has 104 valence electrons. The van der Waals surface area contributed by atoms with Crippen molar-refractivity contribution in [2.45, 2.75) is 19.0 Å². The molecule has 7 nitrogen and oxygen atoms in total. The SMILES string of the molecule is CN(C(=O)Cn1ccc(=O)n(C)c1=O)[C@@H]1CCNC1. The van der Waals surface area contributed by atoms with Gasteiger partial charge in [0.2, 0.25) is 5.91 Å².